The number of carbonyl (C=O) groups excluding carboxylic acids is 5. The summed E-state index contributed by atoms with van der Waals surface area (Å²) in [4.78, 5) is 65.5. The van der Waals surface area contributed by atoms with Crippen LogP contribution in [0.15, 0.2) is 0 Å². The molecular formula is C22H37N5O5S2. The highest BCUT2D eigenvalue weighted by Gasteiger charge is 2.37. The van der Waals surface area contributed by atoms with E-state index in [9.17, 15) is 24.0 Å². The summed E-state index contributed by atoms with van der Waals surface area (Å²) in [6, 6.07) is -4.41. The lowest BCUT2D eigenvalue weighted by Crippen LogP contribution is -2.60. The number of rotatable bonds is 4. The molecule has 2 fully saturated rings. The first-order valence-corrected chi connectivity index (χ1v) is 14.2. The number of hydrogen-bond donors (Lipinski definition) is 5. The maximum absolute atomic E-state index is 13.2. The Hall–Kier alpha value is -1.95. The molecule has 10 nitrogen and oxygen atoms in total. The van der Waals surface area contributed by atoms with E-state index in [4.69, 9.17) is 0 Å². The second-order valence-corrected chi connectivity index (χ2v) is 12.1. The maximum atomic E-state index is 13.2. The molecule has 6 atom stereocenters. The molecule has 5 amide bonds. The molecule has 34 heavy (non-hydrogen) atoms. The molecule has 2 saturated heterocycles. The van der Waals surface area contributed by atoms with Gasteiger partial charge in [-0.15, -0.1) is 0 Å². The summed E-state index contributed by atoms with van der Waals surface area (Å²) < 4.78 is 0. The fourth-order valence-corrected chi connectivity index (χ4v) is 5.97. The van der Waals surface area contributed by atoms with Crippen LogP contribution in [0.4, 0.5) is 0 Å². The molecule has 0 unspecified atom stereocenters. The number of fused-ring (bicyclic) bond motifs is 3. The zero-order chi connectivity index (χ0) is 25.6. The van der Waals surface area contributed by atoms with Gasteiger partial charge in [0.1, 0.15) is 30.2 Å². The lowest BCUT2D eigenvalue weighted by Gasteiger charge is -2.30. The molecule has 0 aliphatic carbocycles. The molecule has 2 heterocycles. The van der Waals surface area contributed by atoms with Crippen LogP contribution >= 0.6 is 21.6 Å². The average molecular weight is 516 g/mol. The summed E-state index contributed by atoms with van der Waals surface area (Å²) in [5.74, 6) is -2.50. The third kappa shape index (κ3) is 7.27. The van der Waals surface area contributed by atoms with Crippen LogP contribution in [-0.2, 0) is 24.0 Å². The van der Waals surface area contributed by atoms with E-state index >= 15 is 0 Å². The van der Waals surface area contributed by atoms with E-state index in [1.54, 1.807) is 27.7 Å². The molecule has 5 N–H and O–H groups in total. The molecule has 0 saturated carbocycles. The molecule has 0 aromatic rings. The quantitative estimate of drug-likeness (QED) is 0.336. The van der Waals surface area contributed by atoms with Crippen LogP contribution in [0.1, 0.15) is 48.0 Å². The van der Waals surface area contributed by atoms with Crippen LogP contribution in [-0.4, -0.2) is 71.3 Å². The molecule has 0 aromatic carbocycles. The van der Waals surface area contributed by atoms with Crippen molar-refractivity contribution < 1.29 is 24.0 Å². The molecular weight excluding hydrogens is 478 g/mol. The van der Waals surface area contributed by atoms with E-state index in [2.05, 4.69) is 26.6 Å². The zero-order valence-electron chi connectivity index (χ0n) is 20.6. The minimum Gasteiger partial charge on any atom is -0.342 e. The standard InChI is InChI=1S/C22H37N5O5S2/c1-7-12(6)17-22(32)24-13-8-33-34-9-14(23-18(13)28)19(29)25-15(10(2)3)20(30)26-16(11(4)5)21(31)27-17/h10-17H,7-9H2,1-6H3,(H,23,28)(H,24,32)(H,25,29)(H,26,30)(H,27,31)/t12-,13+,14+,15-,16+,17-/m0/s1. The van der Waals surface area contributed by atoms with Crippen molar-refractivity contribution in [1.82, 2.24) is 26.6 Å². The Morgan fingerprint density at radius 3 is 1.41 bits per heavy atom. The number of carbonyl (C=O) groups is 5. The molecule has 12 heteroatoms. The SMILES string of the molecule is CC[C@H](C)[C@@H]1NC(=O)[C@@H](C(C)C)NC(=O)[C@H](C(C)C)NC(=O)[C@H]2CSSC[C@@H](NC1=O)C(=O)N2. The van der Waals surface area contributed by atoms with E-state index in [1.165, 1.54) is 21.6 Å². The largest absolute Gasteiger partial charge is 0.342 e. The van der Waals surface area contributed by atoms with Crippen LogP contribution in [0.3, 0.4) is 0 Å². The summed E-state index contributed by atoms with van der Waals surface area (Å²) in [7, 11) is 2.80. The second-order valence-electron chi connectivity index (χ2n) is 9.52. The van der Waals surface area contributed by atoms with Gasteiger partial charge in [0.2, 0.25) is 29.5 Å². The second kappa shape index (κ2) is 12.7. The predicted octanol–water partition coefficient (Wildman–Crippen LogP) is 0.177. The smallest absolute Gasteiger partial charge is 0.244 e. The summed E-state index contributed by atoms with van der Waals surface area (Å²) in [6.45, 7) is 10.9. The highest BCUT2D eigenvalue weighted by atomic mass is 33.1. The molecule has 0 radical (unpaired) electrons. The maximum Gasteiger partial charge on any atom is 0.244 e. The van der Waals surface area contributed by atoms with Crippen molar-refractivity contribution in [3.8, 4) is 0 Å². The summed E-state index contributed by atoms with van der Waals surface area (Å²) in [5.41, 5.74) is 0. The van der Waals surface area contributed by atoms with Gasteiger partial charge in [0.15, 0.2) is 0 Å². The van der Waals surface area contributed by atoms with Gasteiger partial charge in [-0.2, -0.15) is 0 Å². The first kappa shape index (κ1) is 28.3. The van der Waals surface area contributed by atoms with E-state index in [0.29, 0.717) is 17.9 Å². The predicted molar refractivity (Wildman–Crippen MR) is 134 cm³/mol. The van der Waals surface area contributed by atoms with Crippen molar-refractivity contribution in [3.63, 3.8) is 0 Å². The Kier molecular flexibility index (Phi) is 10.5. The number of amides is 5. The highest BCUT2D eigenvalue weighted by molar-refractivity contribution is 8.76. The Labute approximate surface area is 209 Å². The van der Waals surface area contributed by atoms with E-state index in [1.807, 2.05) is 13.8 Å². The molecule has 2 bridgehead atoms. The minimum absolute atomic E-state index is 0.207. The van der Waals surface area contributed by atoms with Crippen LogP contribution in [0.25, 0.3) is 0 Å². The van der Waals surface area contributed by atoms with Gasteiger partial charge < -0.3 is 26.6 Å². The van der Waals surface area contributed by atoms with Gasteiger partial charge in [0, 0.05) is 11.5 Å². The van der Waals surface area contributed by atoms with Crippen molar-refractivity contribution in [2.24, 2.45) is 17.8 Å². The van der Waals surface area contributed by atoms with E-state index in [0.717, 1.165) is 0 Å². The molecule has 192 valence electrons. The highest BCUT2D eigenvalue weighted by Crippen LogP contribution is 2.25. The summed E-state index contributed by atoms with van der Waals surface area (Å²) >= 11 is 0. The monoisotopic (exact) mass is 515 g/mol. The molecule has 2 rings (SSSR count). The lowest BCUT2D eigenvalue weighted by molar-refractivity contribution is -0.135. The third-order valence-electron chi connectivity index (χ3n) is 6.11. The first-order valence-electron chi connectivity index (χ1n) is 11.7. The van der Waals surface area contributed by atoms with Gasteiger partial charge in [0.05, 0.1) is 0 Å². The van der Waals surface area contributed by atoms with Gasteiger partial charge in [-0.05, 0) is 17.8 Å². The fraction of sp³-hybridized carbons (Fsp3) is 0.773. The van der Waals surface area contributed by atoms with Crippen molar-refractivity contribution in [1.29, 1.82) is 0 Å². The Morgan fingerprint density at radius 2 is 0.971 bits per heavy atom. The normalized spacial score (nSPS) is 30.7. The van der Waals surface area contributed by atoms with Gasteiger partial charge in [0.25, 0.3) is 0 Å². The van der Waals surface area contributed by atoms with Crippen molar-refractivity contribution >= 4 is 51.1 Å². The van der Waals surface area contributed by atoms with Crippen LogP contribution in [0.2, 0.25) is 0 Å². The van der Waals surface area contributed by atoms with Crippen molar-refractivity contribution in [2.45, 2.75) is 78.2 Å². The van der Waals surface area contributed by atoms with Crippen molar-refractivity contribution in [2.75, 3.05) is 11.5 Å². The lowest BCUT2D eigenvalue weighted by atomic mass is 9.95. The molecule has 0 aromatic heterocycles. The van der Waals surface area contributed by atoms with Crippen LogP contribution in [0.5, 0.6) is 0 Å². The molecule has 2 aliphatic heterocycles. The Bertz CT molecular complexity index is 794. The Balaban J connectivity index is 2.49. The topological polar surface area (TPSA) is 146 Å². The zero-order valence-corrected chi connectivity index (χ0v) is 22.2. The van der Waals surface area contributed by atoms with E-state index in [-0.39, 0.29) is 17.8 Å². The number of hydrogen-bond acceptors (Lipinski definition) is 7. The first-order chi connectivity index (χ1) is 16.0. The Morgan fingerprint density at radius 1 is 0.618 bits per heavy atom. The van der Waals surface area contributed by atoms with Crippen molar-refractivity contribution in [3.05, 3.63) is 0 Å². The summed E-state index contributed by atoms with van der Waals surface area (Å²) in [6.07, 6.45) is 0.619. The number of nitrogens with one attached hydrogen (secondary N) is 5. The minimum atomic E-state index is -0.900. The fourth-order valence-electron chi connectivity index (χ4n) is 3.64. The van der Waals surface area contributed by atoms with Gasteiger partial charge >= 0.3 is 0 Å². The van der Waals surface area contributed by atoms with Crippen LogP contribution in [0, 0.1) is 17.8 Å². The van der Waals surface area contributed by atoms with Gasteiger partial charge in [-0.3, -0.25) is 24.0 Å². The van der Waals surface area contributed by atoms with Gasteiger partial charge in [-0.25, -0.2) is 0 Å². The summed E-state index contributed by atoms with van der Waals surface area (Å²) in [5, 5.41) is 13.8. The van der Waals surface area contributed by atoms with E-state index < -0.39 is 59.7 Å². The third-order valence-corrected chi connectivity index (χ3v) is 8.53. The average Bonchev–Trinajstić information content (AvgIpc) is 2.76. The van der Waals surface area contributed by atoms with Crippen LogP contribution < -0.4 is 26.6 Å². The molecule has 0 spiro atoms. The molecule has 2 aliphatic rings. The van der Waals surface area contributed by atoms with Gasteiger partial charge in [-0.1, -0.05) is 69.6 Å².